The number of nitrogens with two attached hydrogens (primary N) is 1. The molecular weight excluding hydrogens is 229 g/mol. The molecule has 0 aromatic heterocycles. The van der Waals surface area contributed by atoms with E-state index in [1.54, 1.807) is 6.07 Å². The summed E-state index contributed by atoms with van der Waals surface area (Å²) < 4.78 is 13.6. The standard InChI is InChI=1S/C12H16FNO.ClH/c13-11-7-10(15)6-9-4-3-8(12(9)11)2-1-5-14;/h6-8,15H,1-5,14H2;1H. The summed E-state index contributed by atoms with van der Waals surface area (Å²) in [5.41, 5.74) is 7.23. The zero-order valence-corrected chi connectivity index (χ0v) is 9.89. The van der Waals surface area contributed by atoms with Gasteiger partial charge < -0.3 is 10.8 Å². The first kappa shape index (κ1) is 13.3. The molecule has 0 radical (unpaired) electrons. The van der Waals surface area contributed by atoms with E-state index < -0.39 is 0 Å². The summed E-state index contributed by atoms with van der Waals surface area (Å²) in [6.07, 6.45) is 3.74. The first-order valence-electron chi connectivity index (χ1n) is 5.43. The quantitative estimate of drug-likeness (QED) is 0.860. The lowest BCUT2D eigenvalue weighted by Gasteiger charge is -2.11. The minimum atomic E-state index is -0.260. The van der Waals surface area contributed by atoms with Crippen molar-refractivity contribution in [1.82, 2.24) is 0 Å². The van der Waals surface area contributed by atoms with Crippen molar-refractivity contribution in [2.24, 2.45) is 5.73 Å². The third-order valence-corrected chi connectivity index (χ3v) is 3.13. The first-order valence-corrected chi connectivity index (χ1v) is 5.43. The molecule has 2 rings (SSSR count). The summed E-state index contributed by atoms with van der Waals surface area (Å²) in [6, 6.07) is 2.89. The number of aryl methyl sites for hydroxylation is 1. The molecule has 0 fully saturated rings. The second-order valence-corrected chi connectivity index (χ2v) is 4.17. The summed E-state index contributed by atoms with van der Waals surface area (Å²) in [6.45, 7) is 0.658. The van der Waals surface area contributed by atoms with E-state index in [1.807, 2.05) is 0 Å². The van der Waals surface area contributed by atoms with Crippen molar-refractivity contribution in [2.45, 2.75) is 31.6 Å². The van der Waals surface area contributed by atoms with Gasteiger partial charge in [-0.2, -0.15) is 0 Å². The van der Waals surface area contributed by atoms with Gasteiger partial charge in [0.15, 0.2) is 0 Å². The first-order chi connectivity index (χ1) is 7.22. The van der Waals surface area contributed by atoms with E-state index in [-0.39, 0.29) is 24.0 Å². The molecule has 2 nitrogen and oxygen atoms in total. The average molecular weight is 246 g/mol. The number of aromatic hydroxyl groups is 1. The van der Waals surface area contributed by atoms with Crippen LogP contribution in [0, 0.1) is 5.82 Å². The molecule has 1 atom stereocenters. The van der Waals surface area contributed by atoms with Gasteiger partial charge in [-0.15, -0.1) is 12.4 Å². The fourth-order valence-corrected chi connectivity index (χ4v) is 2.45. The van der Waals surface area contributed by atoms with Gasteiger partial charge in [-0.1, -0.05) is 0 Å². The smallest absolute Gasteiger partial charge is 0.130 e. The van der Waals surface area contributed by atoms with Gasteiger partial charge in [0.1, 0.15) is 11.6 Å². The Kier molecular flexibility index (Phi) is 4.56. The van der Waals surface area contributed by atoms with Crippen molar-refractivity contribution in [1.29, 1.82) is 0 Å². The largest absolute Gasteiger partial charge is 0.508 e. The van der Waals surface area contributed by atoms with Crippen LogP contribution >= 0.6 is 12.4 Å². The molecule has 1 aliphatic rings. The molecule has 0 saturated carbocycles. The highest BCUT2D eigenvalue weighted by Gasteiger charge is 2.25. The van der Waals surface area contributed by atoms with E-state index in [2.05, 4.69) is 0 Å². The van der Waals surface area contributed by atoms with Crippen LogP contribution < -0.4 is 5.73 Å². The number of fused-ring (bicyclic) bond motifs is 1. The Morgan fingerprint density at radius 1 is 1.44 bits per heavy atom. The molecule has 1 aromatic carbocycles. The zero-order chi connectivity index (χ0) is 10.8. The van der Waals surface area contributed by atoms with Crippen LogP contribution in [-0.2, 0) is 6.42 Å². The fraction of sp³-hybridized carbons (Fsp3) is 0.500. The SMILES string of the molecule is Cl.NCCCC1CCc2cc(O)cc(F)c21. The minimum absolute atomic E-state index is 0. The Balaban J connectivity index is 0.00000128. The number of rotatable bonds is 3. The Morgan fingerprint density at radius 2 is 2.19 bits per heavy atom. The molecule has 0 aliphatic heterocycles. The molecule has 0 saturated heterocycles. The summed E-state index contributed by atoms with van der Waals surface area (Å²) in [5, 5.41) is 9.28. The van der Waals surface area contributed by atoms with Crippen molar-refractivity contribution in [2.75, 3.05) is 6.54 Å². The van der Waals surface area contributed by atoms with Crippen LogP contribution in [-0.4, -0.2) is 11.7 Å². The number of hydrogen-bond donors (Lipinski definition) is 2. The highest BCUT2D eigenvalue weighted by molar-refractivity contribution is 5.85. The molecular formula is C12H17ClFNO. The maximum absolute atomic E-state index is 13.6. The van der Waals surface area contributed by atoms with Crippen LogP contribution in [0.1, 0.15) is 36.3 Å². The lowest BCUT2D eigenvalue weighted by atomic mass is 9.95. The summed E-state index contributed by atoms with van der Waals surface area (Å²) in [7, 11) is 0. The highest BCUT2D eigenvalue weighted by atomic mass is 35.5. The Hall–Kier alpha value is -0.800. The highest BCUT2D eigenvalue weighted by Crippen LogP contribution is 2.39. The number of halogens is 2. The van der Waals surface area contributed by atoms with Gasteiger partial charge in [0, 0.05) is 6.07 Å². The van der Waals surface area contributed by atoms with Gasteiger partial charge in [-0.05, 0) is 55.3 Å². The summed E-state index contributed by atoms with van der Waals surface area (Å²) in [4.78, 5) is 0. The minimum Gasteiger partial charge on any atom is -0.508 e. The van der Waals surface area contributed by atoms with Gasteiger partial charge in [0.25, 0.3) is 0 Å². The second-order valence-electron chi connectivity index (χ2n) is 4.17. The predicted molar refractivity (Wildman–Crippen MR) is 64.7 cm³/mol. The van der Waals surface area contributed by atoms with Crippen LogP contribution in [0.3, 0.4) is 0 Å². The maximum Gasteiger partial charge on any atom is 0.130 e. The van der Waals surface area contributed by atoms with Crippen LogP contribution in [0.25, 0.3) is 0 Å². The van der Waals surface area contributed by atoms with Gasteiger partial charge in [0.2, 0.25) is 0 Å². The Morgan fingerprint density at radius 3 is 2.88 bits per heavy atom. The molecule has 1 aromatic rings. The molecule has 0 heterocycles. The third-order valence-electron chi connectivity index (χ3n) is 3.13. The normalized spacial score (nSPS) is 18.0. The molecule has 4 heteroatoms. The number of phenolic OH excluding ortho intramolecular Hbond substituents is 1. The zero-order valence-electron chi connectivity index (χ0n) is 9.08. The van der Waals surface area contributed by atoms with Crippen molar-refractivity contribution in [3.05, 3.63) is 29.1 Å². The van der Waals surface area contributed by atoms with E-state index in [9.17, 15) is 9.50 Å². The molecule has 90 valence electrons. The second kappa shape index (κ2) is 5.51. The van der Waals surface area contributed by atoms with Crippen LogP contribution in [0.5, 0.6) is 5.75 Å². The Labute approximate surface area is 101 Å². The monoisotopic (exact) mass is 245 g/mol. The van der Waals surface area contributed by atoms with Gasteiger partial charge >= 0.3 is 0 Å². The maximum atomic E-state index is 13.6. The van der Waals surface area contributed by atoms with E-state index >= 15 is 0 Å². The molecule has 1 unspecified atom stereocenters. The molecule has 0 spiro atoms. The molecule has 0 amide bonds. The lowest BCUT2D eigenvalue weighted by Crippen LogP contribution is -2.03. The molecule has 1 aliphatic carbocycles. The molecule has 16 heavy (non-hydrogen) atoms. The van der Waals surface area contributed by atoms with Crippen molar-refractivity contribution >= 4 is 12.4 Å². The fourth-order valence-electron chi connectivity index (χ4n) is 2.45. The van der Waals surface area contributed by atoms with Crippen LogP contribution in [0.2, 0.25) is 0 Å². The number of hydrogen-bond acceptors (Lipinski definition) is 2. The predicted octanol–water partition coefficient (Wildman–Crippen LogP) is 2.72. The van der Waals surface area contributed by atoms with Crippen molar-refractivity contribution < 1.29 is 9.50 Å². The average Bonchev–Trinajstić information content (AvgIpc) is 2.58. The van der Waals surface area contributed by atoms with Gasteiger partial charge in [-0.25, -0.2) is 4.39 Å². The summed E-state index contributed by atoms with van der Waals surface area (Å²) >= 11 is 0. The molecule has 0 bridgehead atoms. The van der Waals surface area contributed by atoms with Crippen LogP contribution in [0.15, 0.2) is 12.1 Å². The Bertz CT molecular complexity index is 370. The number of benzene rings is 1. The van der Waals surface area contributed by atoms with E-state index in [0.29, 0.717) is 12.5 Å². The van der Waals surface area contributed by atoms with Gasteiger partial charge in [-0.3, -0.25) is 0 Å². The van der Waals surface area contributed by atoms with Crippen molar-refractivity contribution in [3.8, 4) is 5.75 Å². The van der Waals surface area contributed by atoms with E-state index in [1.165, 1.54) is 6.07 Å². The van der Waals surface area contributed by atoms with E-state index in [0.717, 1.165) is 36.8 Å². The van der Waals surface area contributed by atoms with E-state index in [4.69, 9.17) is 5.73 Å². The lowest BCUT2D eigenvalue weighted by molar-refractivity contribution is 0.466. The van der Waals surface area contributed by atoms with Crippen LogP contribution in [0.4, 0.5) is 4.39 Å². The topological polar surface area (TPSA) is 46.2 Å². The molecule has 3 N–H and O–H groups in total. The third kappa shape index (κ3) is 2.47. The number of phenols is 1. The van der Waals surface area contributed by atoms with Crippen molar-refractivity contribution in [3.63, 3.8) is 0 Å². The van der Waals surface area contributed by atoms with Gasteiger partial charge in [0.05, 0.1) is 0 Å². The summed E-state index contributed by atoms with van der Waals surface area (Å²) in [5.74, 6) is 0.0689.